The first-order valence-electron chi connectivity index (χ1n) is 8.07. The van der Waals surface area contributed by atoms with E-state index in [2.05, 4.69) is 21.1 Å². The summed E-state index contributed by atoms with van der Waals surface area (Å²) in [4.78, 5) is 5.16. The van der Waals surface area contributed by atoms with Crippen LogP contribution in [0, 0.1) is 5.82 Å². The van der Waals surface area contributed by atoms with Gasteiger partial charge in [-0.1, -0.05) is 57.5 Å². The number of hydrogen-bond acceptors (Lipinski definition) is 3. The maximum atomic E-state index is 13.7. The molecule has 26 heavy (non-hydrogen) atoms. The average molecular weight is 414 g/mol. The molecule has 0 bridgehead atoms. The van der Waals surface area contributed by atoms with Crippen LogP contribution in [0.1, 0.15) is 16.7 Å². The van der Waals surface area contributed by atoms with Crippen LogP contribution in [0.25, 0.3) is 0 Å². The maximum Gasteiger partial charge on any atom is 0.145 e. The molecule has 0 saturated carbocycles. The van der Waals surface area contributed by atoms with Crippen molar-refractivity contribution in [2.75, 3.05) is 0 Å². The minimum absolute atomic E-state index is 0.0773. The Morgan fingerprint density at radius 2 is 1.69 bits per heavy atom. The van der Waals surface area contributed by atoms with Crippen molar-refractivity contribution >= 4 is 22.1 Å². The Morgan fingerprint density at radius 3 is 2.42 bits per heavy atom. The summed E-state index contributed by atoms with van der Waals surface area (Å²) in [7, 11) is 0. The zero-order valence-corrected chi connectivity index (χ0v) is 15.5. The second-order valence-corrected chi connectivity index (χ2v) is 6.50. The molecule has 0 amide bonds. The Kier molecular flexibility index (Phi) is 6.39. The lowest BCUT2D eigenvalue weighted by atomic mass is 10.2. The average Bonchev–Trinajstić information content (AvgIpc) is 2.67. The number of benzene rings is 3. The summed E-state index contributed by atoms with van der Waals surface area (Å²) in [6, 6.07) is 22.3. The van der Waals surface area contributed by atoms with Crippen LogP contribution in [0.5, 0.6) is 5.75 Å². The van der Waals surface area contributed by atoms with E-state index in [0.29, 0.717) is 16.6 Å². The van der Waals surface area contributed by atoms with Crippen molar-refractivity contribution in [1.82, 2.24) is 0 Å². The summed E-state index contributed by atoms with van der Waals surface area (Å²) in [6.45, 7) is 0.601. The number of nitrogens with zero attached hydrogens (tertiary/aromatic N) is 1. The van der Waals surface area contributed by atoms with Crippen molar-refractivity contribution in [3.8, 4) is 5.75 Å². The number of rotatable bonds is 7. The summed E-state index contributed by atoms with van der Waals surface area (Å²) < 4.78 is 20.1. The quantitative estimate of drug-likeness (QED) is 0.366. The monoisotopic (exact) mass is 413 g/mol. The first-order chi connectivity index (χ1) is 12.7. The van der Waals surface area contributed by atoms with E-state index in [9.17, 15) is 4.39 Å². The van der Waals surface area contributed by atoms with Crippen LogP contribution < -0.4 is 4.74 Å². The topological polar surface area (TPSA) is 30.8 Å². The molecule has 5 heteroatoms. The van der Waals surface area contributed by atoms with E-state index in [1.165, 1.54) is 6.07 Å². The predicted molar refractivity (Wildman–Crippen MR) is 104 cm³/mol. The molecule has 0 aliphatic heterocycles. The van der Waals surface area contributed by atoms with Crippen molar-refractivity contribution < 1.29 is 14.0 Å². The Morgan fingerprint density at radius 1 is 0.923 bits per heavy atom. The van der Waals surface area contributed by atoms with Gasteiger partial charge in [-0.3, -0.25) is 0 Å². The number of ether oxygens (including phenoxy) is 1. The zero-order chi connectivity index (χ0) is 18.2. The van der Waals surface area contributed by atoms with Gasteiger partial charge < -0.3 is 9.57 Å². The molecule has 0 spiro atoms. The van der Waals surface area contributed by atoms with E-state index in [1.54, 1.807) is 18.3 Å². The lowest BCUT2D eigenvalue weighted by Crippen LogP contribution is -1.95. The van der Waals surface area contributed by atoms with Crippen LogP contribution in [0.15, 0.2) is 82.4 Å². The Bertz CT molecular complexity index is 867. The van der Waals surface area contributed by atoms with E-state index < -0.39 is 0 Å². The highest BCUT2D eigenvalue weighted by Crippen LogP contribution is 2.16. The highest BCUT2D eigenvalue weighted by atomic mass is 79.9. The minimum Gasteiger partial charge on any atom is -0.489 e. The second-order valence-electron chi connectivity index (χ2n) is 5.59. The first kappa shape index (κ1) is 18.1. The van der Waals surface area contributed by atoms with Gasteiger partial charge >= 0.3 is 0 Å². The molecule has 0 saturated heterocycles. The number of halogens is 2. The third-order valence-corrected chi connectivity index (χ3v) is 4.13. The van der Waals surface area contributed by atoms with Crippen molar-refractivity contribution in [1.29, 1.82) is 0 Å². The van der Waals surface area contributed by atoms with Gasteiger partial charge in [-0.2, -0.15) is 0 Å². The van der Waals surface area contributed by atoms with Crippen molar-refractivity contribution in [2.24, 2.45) is 5.16 Å². The SMILES string of the molecule is Fc1cc(Br)ccc1CO/N=C/c1ccc(OCc2ccccc2)cc1. The molecular formula is C21H17BrFNO2. The van der Waals surface area contributed by atoms with Crippen LogP contribution in [0.2, 0.25) is 0 Å². The van der Waals surface area contributed by atoms with Crippen LogP contribution in [0.4, 0.5) is 4.39 Å². The summed E-state index contributed by atoms with van der Waals surface area (Å²) in [5.41, 5.74) is 2.44. The third-order valence-electron chi connectivity index (χ3n) is 3.64. The van der Waals surface area contributed by atoms with Gasteiger partial charge in [-0.05, 0) is 47.5 Å². The normalized spacial score (nSPS) is 10.8. The molecule has 0 atom stereocenters. The lowest BCUT2D eigenvalue weighted by Gasteiger charge is -2.06. The van der Waals surface area contributed by atoms with Crippen LogP contribution in [-0.2, 0) is 18.1 Å². The second kappa shape index (κ2) is 9.15. The van der Waals surface area contributed by atoms with E-state index in [-0.39, 0.29) is 12.4 Å². The predicted octanol–water partition coefficient (Wildman–Crippen LogP) is 5.72. The van der Waals surface area contributed by atoms with Gasteiger partial charge in [0.25, 0.3) is 0 Å². The highest BCUT2D eigenvalue weighted by Gasteiger charge is 2.02. The molecule has 0 aliphatic carbocycles. The molecule has 132 valence electrons. The van der Waals surface area contributed by atoms with Gasteiger partial charge in [0, 0.05) is 10.0 Å². The van der Waals surface area contributed by atoms with Crippen LogP contribution in [-0.4, -0.2) is 6.21 Å². The third kappa shape index (κ3) is 5.43. The lowest BCUT2D eigenvalue weighted by molar-refractivity contribution is 0.129. The minimum atomic E-state index is -0.325. The maximum absolute atomic E-state index is 13.7. The van der Waals surface area contributed by atoms with E-state index in [1.807, 2.05) is 54.6 Å². The summed E-state index contributed by atoms with van der Waals surface area (Å²) in [5, 5.41) is 3.88. The van der Waals surface area contributed by atoms with Crippen molar-refractivity contribution in [3.05, 3.63) is 99.8 Å². The largest absolute Gasteiger partial charge is 0.489 e. The van der Waals surface area contributed by atoms with Crippen LogP contribution in [0.3, 0.4) is 0 Å². The Hall–Kier alpha value is -2.66. The molecule has 0 heterocycles. The van der Waals surface area contributed by atoms with Crippen molar-refractivity contribution in [3.63, 3.8) is 0 Å². The Labute approximate surface area is 160 Å². The molecule has 0 fully saturated rings. The fourth-order valence-corrected chi connectivity index (χ4v) is 2.57. The van der Waals surface area contributed by atoms with Gasteiger partial charge in [-0.15, -0.1) is 0 Å². The molecule has 0 N–H and O–H groups in total. The van der Waals surface area contributed by atoms with E-state index in [0.717, 1.165) is 16.9 Å². The smallest absolute Gasteiger partial charge is 0.145 e. The van der Waals surface area contributed by atoms with E-state index >= 15 is 0 Å². The first-order valence-corrected chi connectivity index (χ1v) is 8.86. The fraction of sp³-hybridized carbons (Fsp3) is 0.0952. The molecule has 3 aromatic carbocycles. The molecule has 0 aromatic heterocycles. The summed E-state index contributed by atoms with van der Waals surface area (Å²) in [6.07, 6.45) is 1.58. The van der Waals surface area contributed by atoms with Crippen molar-refractivity contribution in [2.45, 2.75) is 13.2 Å². The summed E-state index contributed by atoms with van der Waals surface area (Å²) >= 11 is 3.22. The summed E-state index contributed by atoms with van der Waals surface area (Å²) in [5.74, 6) is 0.457. The van der Waals surface area contributed by atoms with Gasteiger partial charge in [0.05, 0.1) is 6.21 Å². The van der Waals surface area contributed by atoms with Crippen LogP contribution >= 0.6 is 15.9 Å². The fourth-order valence-electron chi connectivity index (χ4n) is 2.23. The number of oxime groups is 1. The molecule has 3 aromatic rings. The Balaban J connectivity index is 1.48. The molecule has 3 rings (SSSR count). The molecular weight excluding hydrogens is 397 g/mol. The molecule has 3 nitrogen and oxygen atoms in total. The van der Waals surface area contributed by atoms with Gasteiger partial charge in [0.2, 0.25) is 0 Å². The van der Waals surface area contributed by atoms with Gasteiger partial charge in [-0.25, -0.2) is 4.39 Å². The molecule has 0 radical (unpaired) electrons. The number of hydrogen-bond donors (Lipinski definition) is 0. The van der Waals surface area contributed by atoms with E-state index in [4.69, 9.17) is 9.57 Å². The molecule has 0 aliphatic rings. The van der Waals surface area contributed by atoms with Gasteiger partial charge in [0.1, 0.15) is 24.8 Å². The highest BCUT2D eigenvalue weighted by molar-refractivity contribution is 9.10. The standard InChI is InChI=1S/C21H17BrFNO2/c22-19-9-8-18(21(23)12-19)15-26-24-13-16-6-10-20(11-7-16)25-14-17-4-2-1-3-5-17/h1-13H,14-15H2/b24-13+. The molecule has 0 unspecified atom stereocenters. The van der Waals surface area contributed by atoms with Gasteiger partial charge in [0.15, 0.2) is 0 Å². The zero-order valence-electron chi connectivity index (χ0n) is 13.9.